The van der Waals surface area contributed by atoms with Gasteiger partial charge >= 0.3 is 5.97 Å². The van der Waals surface area contributed by atoms with E-state index in [9.17, 15) is 9.59 Å². The molecule has 2 aromatic rings. The Morgan fingerprint density at radius 1 is 0.971 bits per heavy atom. The van der Waals surface area contributed by atoms with E-state index in [2.05, 4.69) is 17.4 Å². The summed E-state index contributed by atoms with van der Waals surface area (Å²) in [5.41, 5.74) is 1.90. The number of ether oxygens (including phenoxy) is 1. The van der Waals surface area contributed by atoms with E-state index < -0.39 is 11.4 Å². The second-order valence-corrected chi connectivity index (χ2v) is 10.4. The fraction of sp³-hybridized carbons (Fsp3) is 0.533. The fourth-order valence-electron chi connectivity index (χ4n) is 5.84. The van der Waals surface area contributed by atoms with Crippen LogP contribution in [0.25, 0.3) is 0 Å². The largest absolute Gasteiger partial charge is 0.494 e. The van der Waals surface area contributed by atoms with Crippen LogP contribution in [0, 0.1) is 5.92 Å². The summed E-state index contributed by atoms with van der Waals surface area (Å²) in [7, 11) is 0. The summed E-state index contributed by atoms with van der Waals surface area (Å²) < 4.78 is 6.04. The number of rotatable bonds is 11. The van der Waals surface area contributed by atoms with Crippen LogP contribution in [0.15, 0.2) is 48.5 Å². The minimum absolute atomic E-state index is 0.0415. The van der Waals surface area contributed by atoms with Gasteiger partial charge in [0.1, 0.15) is 5.75 Å². The summed E-state index contributed by atoms with van der Waals surface area (Å²) in [6, 6.07) is 15.0. The van der Waals surface area contributed by atoms with Crippen molar-refractivity contribution < 1.29 is 19.4 Å². The van der Waals surface area contributed by atoms with Gasteiger partial charge in [-0.15, -0.1) is 0 Å². The molecule has 1 atom stereocenters. The Morgan fingerprint density at radius 3 is 2.26 bits per heavy atom. The van der Waals surface area contributed by atoms with Crippen molar-refractivity contribution >= 4 is 11.8 Å². The first-order valence-electron chi connectivity index (χ1n) is 13.3. The number of benzene rings is 2. The van der Waals surface area contributed by atoms with E-state index in [1.807, 2.05) is 31.2 Å². The normalized spacial score (nSPS) is 18.8. The van der Waals surface area contributed by atoms with Crippen LogP contribution >= 0.6 is 0 Å². The molecular formula is C30H39NO4. The van der Waals surface area contributed by atoms with Gasteiger partial charge in [-0.3, -0.25) is 4.79 Å². The Morgan fingerprint density at radius 2 is 1.63 bits per heavy atom. The van der Waals surface area contributed by atoms with Gasteiger partial charge in [-0.1, -0.05) is 69.2 Å². The number of carbonyl (C=O) groups is 2. The van der Waals surface area contributed by atoms with E-state index in [-0.39, 0.29) is 17.4 Å². The maximum absolute atomic E-state index is 13.5. The Labute approximate surface area is 209 Å². The van der Waals surface area contributed by atoms with E-state index in [1.54, 1.807) is 12.1 Å². The van der Waals surface area contributed by atoms with Crippen molar-refractivity contribution in [3.8, 4) is 5.75 Å². The number of aromatic carboxylic acids is 1. The molecule has 0 radical (unpaired) electrons. The Hall–Kier alpha value is -2.66. The van der Waals surface area contributed by atoms with Crippen LogP contribution in [0.5, 0.6) is 5.75 Å². The Balaban J connectivity index is 1.33. The van der Waals surface area contributed by atoms with Gasteiger partial charge in [0.05, 0.1) is 24.1 Å². The number of carboxylic acid groups (broad SMARTS) is 1. The fourth-order valence-corrected chi connectivity index (χ4v) is 5.84. The lowest BCUT2D eigenvalue weighted by molar-refractivity contribution is -0.123. The molecule has 5 nitrogen and oxygen atoms in total. The van der Waals surface area contributed by atoms with Crippen LogP contribution in [0.4, 0.5) is 0 Å². The molecule has 2 N–H and O–H groups in total. The number of Topliss-reactive ketones (excluding diaryl/α,β-unsaturated/α-hetero) is 1. The predicted molar refractivity (Wildman–Crippen MR) is 138 cm³/mol. The first-order valence-corrected chi connectivity index (χ1v) is 13.3. The second-order valence-electron chi connectivity index (χ2n) is 10.4. The summed E-state index contributed by atoms with van der Waals surface area (Å²) in [6.45, 7) is 3.06. The summed E-state index contributed by atoms with van der Waals surface area (Å²) in [4.78, 5) is 24.6. The highest BCUT2D eigenvalue weighted by Gasteiger charge is 2.42. The third-order valence-electron chi connectivity index (χ3n) is 8.14. The summed E-state index contributed by atoms with van der Waals surface area (Å²) in [5.74, 6) is 1.00. The van der Waals surface area contributed by atoms with Gasteiger partial charge in [-0.05, 0) is 67.5 Å². The van der Waals surface area contributed by atoms with E-state index in [0.717, 1.165) is 61.5 Å². The summed E-state index contributed by atoms with van der Waals surface area (Å²) in [5, 5.41) is 12.5. The number of carboxylic acids is 1. The van der Waals surface area contributed by atoms with E-state index in [0.29, 0.717) is 6.54 Å². The minimum atomic E-state index is -0.934. The monoisotopic (exact) mass is 477 g/mol. The highest BCUT2D eigenvalue weighted by atomic mass is 16.5. The van der Waals surface area contributed by atoms with Crippen LogP contribution < -0.4 is 10.1 Å². The van der Waals surface area contributed by atoms with Crippen LogP contribution in [0.3, 0.4) is 0 Å². The molecule has 0 aromatic heterocycles. The molecule has 0 unspecified atom stereocenters. The third kappa shape index (κ3) is 6.32. The smallest absolute Gasteiger partial charge is 0.335 e. The molecule has 0 heterocycles. The molecule has 2 aliphatic carbocycles. The quantitative estimate of drug-likeness (QED) is 0.388. The van der Waals surface area contributed by atoms with Crippen LogP contribution in [-0.4, -0.2) is 30.0 Å². The Kier molecular flexibility index (Phi) is 8.61. The van der Waals surface area contributed by atoms with Crippen molar-refractivity contribution in [2.75, 3.05) is 13.2 Å². The van der Waals surface area contributed by atoms with E-state index >= 15 is 0 Å². The molecule has 35 heavy (non-hydrogen) atoms. The number of hydrogen-bond acceptors (Lipinski definition) is 4. The average molecular weight is 478 g/mol. The Bertz CT molecular complexity index is 970. The molecular weight excluding hydrogens is 438 g/mol. The first kappa shape index (κ1) is 25.4. The summed E-state index contributed by atoms with van der Waals surface area (Å²) in [6.07, 6.45) is 11.8. The van der Waals surface area contributed by atoms with Gasteiger partial charge < -0.3 is 15.2 Å². The van der Waals surface area contributed by atoms with Gasteiger partial charge in [0.15, 0.2) is 5.78 Å². The summed E-state index contributed by atoms with van der Waals surface area (Å²) >= 11 is 0. The maximum Gasteiger partial charge on any atom is 0.335 e. The predicted octanol–water partition coefficient (Wildman–Crippen LogP) is 6.47. The molecule has 5 heteroatoms. The van der Waals surface area contributed by atoms with Gasteiger partial charge in [0.2, 0.25) is 0 Å². The standard InChI is InChI=1S/C30H39NO4/c1-22(24-9-11-25(12-10-24)29(33)34)31-21-28(32)30(18-5-6-19-30)26-13-15-27(16-14-26)35-20-17-23-7-3-2-4-8-23/h9-16,22-23,31H,2-8,17-21H2,1H3,(H,33,34)/t22-/m0/s1. The van der Waals surface area contributed by atoms with Crippen molar-refractivity contribution in [3.63, 3.8) is 0 Å². The topological polar surface area (TPSA) is 75.6 Å². The third-order valence-corrected chi connectivity index (χ3v) is 8.14. The van der Waals surface area contributed by atoms with Crippen LogP contribution in [0.1, 0.15) is 98.7 Å². The molecule has 0 saturated heterocycles. The lowest BCUT2D eigenvalue weighted by atomic mass is 9.75. The number of ketones is 1. The zero-order valence-electron chi connectivity index (χ0n) is 20.9. The highest BCUT2D eigenvalue weighted by molar-refractivity contribution is 5.92. The first-order chi connectivity index (χ1) is 17.0. The number of carbonyl (C=O) groups excluding carboxylic acids is 1. The van der Waals surface area contributed by atoms with Gasteiger partial charge in [-0.2, -0.15) is 0 Å². The molecule has 0 bridgehead atoms. The highest BCUT2D eigenvalue weighted by Crippen LogP contribution is 2.42. The van der Waals surface area contributed by atoms with Crippen molar-refractivity contribution in [2.45, 2.75) is 82.6 Å². The van der Waals surface area contributed by atoms with Gasteiger partial charge in [-0.25, -0.2) is 4.79 Å². The minimum Gasteiger partial charge on any atom is -0.494 e. The molecule has 0 aliphatic heterocycles. The van der Waals surface area contributed by atoms with E-state index in [4.69, 9.17) is 9.84 Å². The van der Waals surface area contributed by atoms with Crippen molar-refractivity contribution in [2.24, 2.45) is 5.92 Å². The number of hydrogen-bond donors (Lipinski definition) is 2. The molecule has 4 rings (SSSR count). The average Bonchev–Trinajstić information content (AvgIpc) is 3.39. The van der Waals surface area contributed by atoms with Gasteiger partial charge in [0.25, 0.3) is 0 Å². The molecule has 188 valence electrons. The molecule has 2 aliphatic rings. The van der Waals surface area contributed by atoms with Gasteiger partial charge in [0, 0.05) is 6.04 Å². The van der Waals surface area contributed by atoms with Crippen LogP contribution in [-0.2, 0) is 10.2 Å². The SMILES string of the molecule is C[C@H](NCC(=O)C1(c2ccc(OCCC3CCCCC3)cc2)CCCC1)c1ccc(C(=O)O)cc1. The zero-order valence-corrected chi connectivity index (χ0v) is 20.9. The number of nitrogens with one attached hydrogen (secondary N) is 1. The van der Waals surface area contributed by atoms with Crippen molar-refractivity contribution in [3.05, 3.63) is 65.2 Å². The van der Waals surface area contributed by atoms with Crippen molar-refractivity contribution in [1.82, 2.24) is 5.32 Å². The molecule has 0 spiro atoms. The molecule has 2 fully saturated rings. The second kappa shape index (κ2) is 11.9. The molecule has 2 aromatic carbocycles. The van der Waals surface area contributed by atoms with Crippen LogP contribution in [0.2, 0.25) is 0 Å². The maximum atomic E-state index is 13.5. The lowest BCUT2D eigenvalue weighted by Gasteiger charge is -2.29. The molecule has 0 amide bonds. The lowest BCUT2D eigenvalue weighted by Crippen LogP contribution is -2.40. The van der Waals surface area contributed by atoms with E-state index in [1.165, 1.54) is 32.1 Å². The molecule has 2 saturated carbocycles. The zero-order chi connectivity index (χ0) is 24.7. The van der Waals surface area contributed by atoms with Crippen molar-refractivity contribution in [1.29, 1.82) is 0 Å².